The smallest absolute Gasteiger partial charge is 0.318 e. The number of piperidine rings is 1. The van der Waals surface area contributed by atoms with Crippen molar-refractivity contribution in [3.05, 3.63) is 0 Å². The Morgan fingerprint density at radius 3 is 2.83 bits per heavy atom. The van der Waals surface area contributed by atoms with E-state index in [1.165, 1.54) is 0 Å². The van der Waals surface area contributed by atoms with Crippen molar-refractivity contribution in [2.45, 2.75) is 31.0 Å². The quantitative estimate of drug-likeness (QED) is 0.608. The molecule has 0 aromatic carbocycles. The highest BCUT2D eigenvalue weighted by Crippen LogP contribution is 2.34. The van der Waals surface area contributed by atoms with Crippen LogP contribution in [0.2, 0.25) is 0 Å². The van der Waals surface area contributed by atoms with Gasteiger partial charge in [0, 0.05) is 6.42 Å². The monoisotopic (exact) mass is 257 g/mol. The predicted octanol–water partition coefficient (Wildman–Crippen LogP) is -0.891. The van der Waals surface area contributed by atoms with Crippen LogP contribution in [-0.2, 0) is 14.3 Å². The van der Waals surface area contributed by atoms with Crippen molar-refractivity contribution in [2.24, 2.45) is 5.73 Å². The summed E-state index contributed by atoms with van der Waals surface area (Å²) in [7, 11) is 0. The lowest BCUT2D eigenvalue weighted by atomic mass is 9.89. The SMILES string of the molecule is NC(=O)NC(=O)COC1COC2(CCNCC2)C1. The molecule has 7 nitrogen and oxygen atoms in total. The fourth-order valence-corrected chi connectivity index (χ4v) is 2.51. The molecular formula is C11H19N3O4. The van der Waals surface area contributed by atoms with Gasteiger partial charge in [0.05, 0.1) is 18.3 Å². The van der Waals surface area contributed by atoms with Gasteiger partial charge in [0.2, 0.25) is 0 Å². The summed E-state index contributed by atoms with van der Waals surface area (Å²) in [5, 5.41) is 5.25. The van der Waals surface area contributed by atoms with Gasteiger partial charge in [-0.1, -0.05) is 0 Å². The number of carbonyl (C=O) groups excluding carboxylic acids is 2. The molecule has 1 unspecified atom stereocenters. The van der Waals surface area contributed by atoms with Crippen molar-refractivity contribution in [3.8, 4) is 0 Å². The Morgan fingerprint density at radius 2 is 2.17 bits per heavy atom. The summed E-state index contributed by atoms with van der Waals surface area (Å²) in [5.74, 6) is -0.520. The number of imide groups is 1. The van der Waals surface area contributed by atoms with Crippen LogP contribution in [0, 0.1) is 0 Å². The maximum atomic E-state index is 11.2. The normalized spacial score (nSPS) is 26.1. The molecule has 0 aromatic rings. The molecule has 2 aliphatic heterocycles. The van der Waals surface area contributed by atoms with E-state index in [4.69, 9.17) is 15.2 Å². The molecule has 0 saturated carbocycles. The molecule has 2 fully saturated rings. The number of hydrogen-bond acceptors (Lipinski definition) is 5. The average molecular weight is 257 g/mol. The second kappa shape index (κ2) is 5.64. The van der Waals surface area contributed by atoms with E-state index in [2.05, 4.69) is 5.32 Å². The summed E-state index contributed by atoms with van der Waals surface area (Å²) in [6.07, 6.45) is 2.67. The fraction of sp³-hybridized carbons (Fsp3) is 0.818. The second-order valence-electron chi connectivity index (χ2n) is 4.79. The Hall–Kier alpha value is -1.18. The van der Waals surface area contributed by atoms with Crippen LogP contribution >= 0.6 is 0 Å². The molecule has 0 radical (unpaired) electrons. The van der Waals surface area contributed by atoms with Crippen LogP contribution in [0.1, 0.15) is 19.3 Å². The third kappa shape index (κ3) is 3.41. The molecule has 0 bridgehead atoms. The third-order valence-corrected chi connectivity index (χ3v) is 3.40. The molecule has 0 aliphatic carbocycles. The van der Waals surface area contributed by atoms with E-state index in [0.717, 1.165) is 32.4 Å². The van der Waals surface area contributed by atoms with Gasteiger partial charge >= 0.3 is 6.03 Å². The number of carbonyl (C=O) groups is 2. The Kier molecular flexibility index (Phi) is 4.15. The molecular weight excluding hydrogens is 238 g/mol. The molecule has 1 spiro atoms. The van der Waals surface area contributed by atoms with Gasteiger partial charge in [0.25, 0.3) is 5.91 Å². The zero-order chi connectivity index (χ0) is 13.0. The number of nitrogens with two attached hydrogens (primary N) is 1. The molecule has 2 saturated heterocycles. The minimum atomic E-state index is -0.860. The molecule has 3 amide bonds. The molecule has 1 atom stereocenters. The van der Waals surface area contributed by atoms with Crippen LogP contribution in [0.25, 0.3) is 0 Å². The van der Waals surface area contributed by atoms with Crippen molar-refractivity contribution < 1.29 is 19.1 Å². The topological polar surface area (TPSA) is 103 Å². The van der Waals surface area contributed by atoms with Gasteiger partial charge in [-0.2, -0.15) is 0 Å². The maximum Gasteiger partial charge on any atom is 0.318 e. The van der Waals surface area contributed by atoms with Gasteiger partial charge in [-0.15, -0.1) is 0 Å². The second-order valence-corrected chi connectivity index (χ2v) is 4.79. The van der Waals surface area contributed by atoms with E-state index in [1.807, 2.05) is 5.32 Å². The van der Waals surface area contributed by atoms with Gasteiger partial charge in [0.1, 0.15) is 6.61 Å². The van der Waals surface area contributed by atoms with Crippen molar-refractivity contribution in [3.63, 3.8) is 0 Å². The first-order valence-electron chi connectivity index (χ1n) is 6.15. The first-order valence-corrected chi connectivity index (χ1v) is 6.15. The summed E-state index contributed by atoms with van der Waals surface area (Å²) in [4.78, 5) is 21.6. The number of ether oxygens (including phenoxy) is 2. The lowest BCUT2D eigenvalue weighted by molar-refractivity contribution is -0.126. The van der Waals surface area contributed by atoms with Crippen LogP contribution in [0.4, 0.5) is 4.79 Å². The summed E-state index contributed by atoms with van der Waals surface area (Å²) in [5.41, 5.74) is 4.74. The molecule has 18 heavy (non-hydrogen) atoms. The standard InChI is InChI=1S/C11H19N3O4/c12-10(16)14-9(15)7-17-8-5-11(18-6-8)1-3-13-4-2-11/h8,13H,1-7H2,(H3,12,14,15,16). The highest BCUT2D eigenvalue weighted by atomic mass is 16.6. The first-order chi connectivity index (χ1) is 8.60. The van der Waals surface area contributed by atoms with Crippen molar-refractivity contribution in [1.82, 2.24) is 10.6 Å². The molecule has 7 heteroatoms. The number of primary amides is 1. The Balaban J connectivity index is 1.72. The number of amides is 3. The van der Waals surface area contributed by atoms with Crippen molar-refractivity contribution >= 4 is 11.9 Å². The fourth-order valence-electron chi connectivity index (χ4n) is 2.51. The Bertz CT molecular complexity index is 328. The zero-order valence-electron chi connectivity index (χ0n) is 10.2. The van der Waals surface area contributed by atoms with Crippen molar-refractivity contribution in [2.75, 3.05) is 26.3 Å². The van der Waals surface area contributed by atoms with E-state index < -0.39 is 11.9 Å². The van der Waals surface area contributed by atoms with Crippen molar-refractivity contribution in [1.29, 1.82) is 0 Å². The van der Waals surface area contributed by atoms with Crippen LogP contribution in [0.5, 0.6) is 0 Å². The van der Waals surface area contributed by atoms with Gasteiger partial charge < -0.3 is 20.5 Å². The molecule has 2 aliphatic rings. The molecule has 0 aromatic heterocycles. The van der Waals surface area contributed by atoms with Gasteiger partial charge in [-0.3, -0.25) is 10.1 Å². The van der Waals surface area contributed by atoms with Gasteiger partial charge in [-0.25, -0.2) is 4.79 Å². The van der Waals surface area contributed by atoms with E-state index in [9.17, 15) is 9.59 Å². The number of rotatable bonds is 3. The van der Waals surface area contributed by atoms with Crippen LogP contribution in [-0.4, -0.2) is 49.9 Å². The molecule has 2 heterocycles. The number of nitrogens with one attached hydrogen (secondary N) is 2. The maximum absolute atomic E-state index is 11.2. The van der Waals surface area contributed by atoms with E-state index in [0.29, 0.717) is 6.61 Å². The van der Waals surface area contributed by atoms with Crippen LogP contribution < -0.4 is 16.4 Å². The minimum absolute atomic E-state index is 0.0817. The zero-order valence-corrected chi connectivity index (χ0v) is 10.2. The highest BCUT2D eigenvalue weighted by molar-refractivity contribution is 5.94. The Morgan fingerprint density at radius 1 is 1.44 bits per heavy atom. The lowest BCUT2D eigenvalue weighted by Gasteiger charge is -2.32. The lowest BCUT2D eigenvalue weighted by Crippen LogP contribution is -2.42. The van der Waals surface area contributed by atoms with E-state index in [-0.39, 0.29) is 18.3 Å². The summed E-state index contributed by atoms with van der Waals surface area (Å²) in [6.45, 7) is 2.25. The van der Waals surface area contributed by atoms with E-state index in [1.54, 1.807) is 0 Å². The summed E-state index contributed by atoms with van der Waals surface area (Å²) >= 11 is 0. The third-order valence-electron chi connectivity index (χ3n) is 3.40. The van der Waals surface area contributed by atoms with Crippen LogP contribution in [0.3, 0.4) is 0 Å². The summed E-state index contributed by atoms with van der Waals surface area (Å²) in [6, 6.07) is -0.860. The van der Waals surface area contributed by atoms with Gasteiger partial charge in [0.15, 0.2) is 0 Å². The van der Waals surface area contributed by atoms with E-state index >= 15 is 0 Å². The van der Waals surface area contributed by atoms with Gasteiger partial charge in [-0.05, 0) is 25.9 Å². The largest absolute Gasteiger partial charge is 0.372 e. The average Bonchev–Trinajstić information content (AvgIpc) is 2.70. The number of urea groups is 1. The molecule has 2 rings (SSSR count). The summed E-state index contributed by atoms with van der Waals surface area (Å²) < 4.78 is 11.2. The number of hydrogen-bond donors (Lipinski definition) is 3. The predicted molar refractivity (Wildman–Crippen MR) is 62.9 cm³/mol. The van der Waals surface area contributed by atoms with Crippen LogP contribution in [0.15, 0.2) is 0 Å². The minimum Gasteiger partial charge on any atom is -0.372 e. The Labute approximate surface area is 105 Å². The first kappa shape index (κ1) is 13.3. The molecule has 4 N–H and O–H groups in total. The molecule has 102 valence electrons. The highest BCUT2D eigenvalue weighted by Gasteiger charge is 2.41.